The van der Waals surface area contributed by atoms with Crippen molar-refractivity contribution in [3.63, 3.8) is 0 Å². The van der Waals surface area contributed by atoms with Gasteiger partial charge in [-0.15, -0.1) is 0 Å². The minimum atomic E-state index is -0.193. The van der Waals surface area contributed by atoms with Gasteiger partial charge in [-0.2, -0.15) is 5.10 Å². The maximum absolute atomic E-state index is 13.6. The molecule has 2 aliphatic heterocycles. The zero-order valence-corrected chi connectivity index (χ0v) is 20.7. The van der Waals surface area contributed by atoms with E-state index in [0.717, 1.165) is 48.9 Å². The van der Waals surface area contributed by atoms with Crippen LogP contribution in [0.15, 0.2) is 30.3 Å². The van der Waals surface area contributed by atoms with Crippen molar-refractivity contribution in [2.45, 2.75) is 64.0 Å². The predicted octanol–water partition coefficient (Wildman–Crippen LogP) is 2.63. The molecule has 1 aromatic heterocycles. The van der Waals surface area contributed by atoms with Gasteiger partial charge in [0.2, 0.25) is 11.8 Å². The summed E-state index contributed by atoms with van der Waals surface area (Å²) < 4.78 is 1.79. The van der Waals surface area contributed by atoms with E-state index in [9.17, 15) is 14.4 Å². The molecule has 2 aromatic rings. The Morgan fingerprint density at radius 1 is 1.09 bits per heavy atom. The Labute approximate surface area is 206 Å². The summed E-state index contributed by atoms with van der Waals surface area (Å²) in [5.74, 6) is -0.323. The van der Waals surface area contributed by atoms with Gasteiger partial charge >= 0.3 is 0 Å². The van der Waals surface area contributed by atoms with Crippen molar-refractivity contribution < 1.29 is 14.4 Å². The number of hydrogen-bond donors (Lipinski definition) is 1. The summed E-state index contributed by atoms with van der Waals surface area (Å²) in [5, 5.41) is 7.68. The minimum absolute atomic E-state index is 0.0661. The van der Waals surface area contributed by atoms with Crippen molar-refractivity contribution in [3.8, 4) is 0 Å². The van der Waals surface area contributed by atoms with E-state index in [0.29, 0.717) is 44.3 Å². The highest BCUT2D eigenvalue weighted by Gasteiger charge is 2.36. The molecule has 1 aliphatic carbocycles. The fourth-order valence-electron chi connectivity index (χ4n) is 5.48. The van der Waals surface area contributed by atoms with Gasteiger partial charge in [0.05, 0.1) is 11.8 Å². The third kappa shape index (κ3) is 4.83. The summed E-state index contributed by atoms with van der Waals surface area (Å²) in [5.41, 5.74) is 3.32. The molecule has 8 heteroatoms. The molecule has 0 unspecified atom stereocenters. The van der Waals surface area contributed by atoms with Gasteiger partial charge in [-0.25, -0.2) is 0 Å². The lowest BCUT2D eigenvalue weighted by Gasteiger charge is -2.33. The van der Waals surface area contributed by atoms with Crippen LogP contribution in [-0.2, 0) is 29.6 Å². The first-order valence-corrected chi connectivity index (χ1v) is 12.9. The number of nitrogens with zero attached hydrogens (tertiary/aromatic N) is 4. The molecule has 1 saturated heterocycles. The number of carbonyl (C=O) groups is 3. The van der Waals surface area contributed by atoms with E-state index >= 15 is 0 Å². The Morgan fingerprint density at radius 2 is 1.86 bits per heavy atom. The largest absolute Gasteiger partial charge is 0.353 e. The Kier molecular flexibility index (Phi) is 6.62. The standard InChI is InChI=1S/C27H35N5O3/c1-3-21(18-8-5-4-6-9-18)26(34)32-15-13-23-22(17-32)24(29-30(23)2)27(35)31-14-7-10-19(16-31)25(33)28-20-11-12-20/h4-6,8-9,19-21H,3,7,10-17H2,1-2H3,(H,28,33)/t19-,21-/m0/s1. The maximum Gasteiger partial charge on any atom is 0.274 e. The van der Waals surface area contributed by atoms with Crippen molar-refractivity contribution in [1.82, 2.24) is 24.9 Å². The minimum Gasteiger partial charge on any atom is -0.353 e. The molecule has 0 radical (unpaired) electrons. The first-order valence-electron chi connectivity index (χ1n) is 12.9. The number of aryl methyl sites for hydroxylation is 1. The average molecular weight is 478 g/mol. The van der Waals surface area contributed by atoms with E-state index in [1.54, 1.807) is 9.58 Å². The Balaban J connectivity index is 1.32. The number of likely N-dealkylation sites (tertiary alicyclic amines) is 1. The Bertz CT molecular complexity index is 1110. The number of carbonyl (C=O) groups excluding carboxylic acids is 3. The van der Waals surface area contributed by atoms with Crippen LogP contribution in [0.3, 0.4) is 0 Å². The second kappa shape index (κ2) is 9.84. The van der Waals surface area contributed by atoms with Crippen LogP contribution in [0.4, 0.5) is 0 Å². The van der Waals surface area contributed by atoms with Crippen LogP contribution in [0.1, 0.15) is 72.3 Å². The van der Waals surface area contributed by atoms with Crippen LogP contribution in [0, 0.1) is 5.92 Å². The highest BCUT2D eigenvalue weighted by Crippen LogP contribution is 2.29. The van der Waals surface area contributed by atoms with Crippen LogP contribution >= 0.6 is 0 Å². The molecule has 3 amide bonds. The van der Waals surface area contributed by atoms with E-state index in [1.165, 1.54) is 0 Å². The summed E-state index contributed by atoms with van der Waals surface area (Å²) in [4.78, 5) is 43.4. The molecule has 1 aromatic carbocycles. The summed E-state index contributed by atoms with van der Waals surface area (Å²) in [7, 11) is 1.87. The van der Waals surface area contributed by atoms with Crippen molar-refractivity contribution in [2.24, 2.45) is 13.0 Å². The van der Waals surface area contributed by atoms with Crippen LogP contribution in [0.5, 0.6) is 0 Å². The van der Waals surface area contributed by atoms with E-state index in [2.05, 4.69) is 10.4 Å². The van der Waals surface area contributed by atoms with Gasteiger partial charge in [-0.05, 0) is 37.7 Å². The second-order valence-corrected chi connectivity index (χ2v) is 10.2. The van der Waals surface area contributed by atoms with Gasteiger partial charge in [-0.3, -0.25) is 19.1 Å². The van der Waals surface area contributed by atoms with Crippen molar-refractivity contribution in [1.29, 1.82) is 0 Å². The normalized spacial score (nSPS) is 20.8. The molecular formula is C27H35N5O3. The first-order chi connectivity index (χ1) is 17.0. The monoisotopic (exact) mass is 477 g/mol. The van der Waals surface area contributed by atoms with Crippen LogP contribution in [-0.4, -0.2) is 63.0 Å². The molecule has 2 atom stereocenters. The number of piperidine rings is 1. The van der Waals surface area contributed by atoms with Gasteiger partial charge in [-0.1, -0.05) is 37.3 Å². The lowest BCUT2D eigenvalue weighted by Crippen LogP contribution is -2.46. The summed E-state index contributed by atoms with van der Waals surface area (Å²) in [6.07, 6.45) is 5.13. The Hall–Kier alpha value is -3.16. The van der Waals surface area contributed by atoms with E-state index in [1.807, 2.05) is 49.2 Å². The van der Waals surface area contributed by atoms with E-state index in [4.69, 9.17) is 0 Å². The number of benzene rings is 1. The fraction of sp³-hybridized carbons (Fsp3) is 0.556. The molecule has 186 valence electrons. The number of amides is 3. The molecule has 3 heterocycles. The zero-order valence-electron chi connectivity index (χ0n) is 20.7. The van der Waals surface area contributed by atoms with Gasteiger partial charge in [0.1, 0.15) is 0 Å². The molecule has 5 rings (SSSR count). The third-order valence-corrected chi connectivity index (χ3v) is 7.67. The number of fused-ring (bicyclic) bond motifs is 1. The lowest BCUT2D eigenvalue weighted by atomic mass is 9.93. The number of rotatable bonds is 6. The van der Waals surface area contributed by atoms with Crippen LogP contribution in [0.25, 0.3) is 0 Å². The summed E-state index contributed by atoms with van der Waals surface area (Å²) >= 11 is 0. The van der Waals surface area contributed by atoms with Gasteiger partial charge in [0.15, 0.2) is 5.69 Å². The number of hydrogen-bond acceptors (Lipinski definition) is 4. The van der Waals surface area contributed by atoms with Crippen molar-refractivity contribution >= 4 is 17.7 Å². The van der Waals surface area contributed by atoms with Crippen LogP contribution in [0.2, 0.25) is 0 Å². The van der Waals surface area contributed by atoms with Gasteiger partial charge in [0.25, 0.3) is 5.91 Å². The molecule has 1 saturated carbocycles. The predicted molar refractivity (Wildman–Crippen MR) is 132 cm³/mol. The van der Waals surface area contributed by atoms with Crippen molar-refractivity contribution in [3.05, 3.63) is 52.8 Å². The zero-order chi connectivity index (χ0) is 24.5. The molecular weight excluding hydrogens is 442 g/mol. The molecule has 0 bridgehead atoms. The van der Waals surface area contributed by atoms with Crippen molar-refractivity contribution in [2.75, 3.05) is 19.6 Å². The molecule has 8 nitrogen and oxygen atoms in total. The van der Waals surface area contributed by atoms with Gasteiger partial charge < -0.3 is 15.1 Å². The quantitative estimate of drug-likeness (QED) is 0.693. The van der Waals surface area contributed by atoms with E-state index < -0.39 is 0 Å². The fourth-order valence-corrected chi connectivity index (χ4v) is 5.48. The molecule has 1 N–H and O–H groups in total. The second-order valence-electron chi connectivity index (χ2n) is 10.2. The molecule has 3 aliphatic rings. The summed E-state index contributed by atoms with van der Waals surface area (Å²) in [6.45, 7) is 4.11. The average Bonchev–Trinajstić information content (AvgIpc) is 3.65. The summed E-state index contributed by atoms with van der Waals surface area (Å²) in [6, 6.07) is 10.2. The highest BCUT2D eigenvalue weighted by molar-refractivity contribution is 5.95. The lowest BCUT2D eigenvalue weighted by molar-refractivity contribution is -0.134. The smallest absolute Gasteiger partial charge is 0.274 e. The van der Waals surface area contributed by atoms with Gasteiger partial charge in [0, 0.05) is 56.9 Å². The third-order valence-electron chi connectivity index (χ3n) is 7.67. The molecule has 35 heavy (non-hydrogen) atoms. The molecule has 0 spiro atoms. The SMILES string of the molecule is CC[C@H](C(=O)N1CCc2c(c(C(=O)N3CCC[C@H](C(=O)NC4CC4)C3)nn2C)C1)c1ccccc1. The molecule has 2 fully saturated rings. The number of nitrogens with one attached hydrogen (secondary N) is 1. The maximum atomic E-state index is 13.6. The van der Waals surface area contributed by atoms with E-state index in [-0.39, 0.29) is 29.6 Å². The van der Waals surface area contributed by atoms with Crippen LogP contribution < -0.4 is 5.32 Å². The first kappa shape index (κ1) is 23.6. The topological polar surface area (TPSA) is 87.5 Å². The Morgan fingerprint density at radius 3 is 2.57 bits per heavy atom. The number of aromatic nitrogens is 2. The highest BCUT2D eigenvalue weighted by atomic mass is 16.2.